The molecule has 1 aromatic carbocycles. The summed E-state index contributed by atoms with van der Waals surface area (Å²) in [4.78, 5) is 11.9. The van der Waals surface area contributed by atoms with Crippen LogP contribution in [0.2, 0.25) is 0 Å². The zero-order chi connectivity index (χ0) is 15.6. The molecule has 3 nitrogen and oxygen atoms in total. The first kappa shape index (κ1) is 16.5. The van der Waals surface area contributed by atoms with Gasteiger partial charge in [-0.1, -0.05) is 26.0 Å². The van der Waals surface area contributed by atoms with E-state index in [4.69, 9.17) is 4.74 Å². The maximum Gasteiger partial charge on any atom is 0.311 e. The van der Waals surface area contributed by atoms with Crippen LogP contribution in [0.5, 0.6) is 5.75 Å². The average molecular weight is 278 g/mol. The number of hydrogen-bond acceptors (Lipinski definition) is 3. The lowest BCUT2D eigenvalue weighted by Crippen LogP contribution is -2.35. The third kappa shape index (κ3) is 3.33. The van der Waals surface area contributed by atoms with Crippen LogP contribution < -0.4 is 0 Å². The number of carbonyl (C=O) groups is 1. The molecule has 0 bridgehead atoms. The summed E-state index contributed by atoms with van der Waals surface area (Å²) in [6.45, 7) is 10.00. The van der Waals surface area contributed by atoms with Gasteiger partial charge in [-0.15, -0.1) is 0 Å². The van der Waals surface area contributed by atoms with E-state index in [9.17, 15) is 9.90 Å². The summed E-state index contributed by atoms with van der Waals surface area (Å²) in [5, 5.41) is 9.67. The van der Waals surface area contributed by atoms with Crippen LogP contribution in [-0.2, 0) is 14.9 Å². The van der Waals surface area contributed by atoms with Crippen molar-refractivity contribution in [2.75, 3.05) is 7.11 Å². The average Bonchev–Trinajstić information content (AvgIpc) is 2.40. The van der Waals surface area contributed by atoms with E-state index >= 15 is 0 Å². The van der Waals surface area contributed by atoms with Crippen molar-refractivity contribution in [2.24, 2.45) is 5.41 Å². The third-order valence-electron chi connectivity index (χ3n) is 4.24. The number of esters is 1. The van der Waals surface area contributed by atoms with Gasteiger partial charge < -0.3 is 9.84 Å². The molecule has 1 unspecified atom stereocenters. The molecule has 3 heteroatoms. The molecule has 1 N–H and O–H groups in total. The number of hydrogen-bond donors (Lipinski definition) is 1. The van der Waals surface area contributed by atoms with Crippen LogP contribution in [0.15, 0.2) is 18.2 Å². The molecule has 0 saturated heterocycles. The van der Waals surface area contributed by atoms with Crippen LogP contribution in [-0.4, -0.2) is 18.2 Å². The Morgan fingerprint density at radius 2 is 1.90 bits per heavy atom. The third-order valence-corrected chi connectivity index (χ3v) is 4.24. The normalized spacial score (nSPS) is 14.7. The Morgan fingerprint density at radius 1 is 1.30 bits per heavy atom. The highest BCUT2D eigenvalue weighted by molar-refractivity contribution is 5.76. The maximum atomic E-state index is 11.9. The number of methoxy groups -OCH3 is 1. The first-order valence-corrected chi connectivity index (χ1v) is 7.05. The zero-order valence-electron chi connectivity index (χ0n) is 13.4. The molecule has 1 aromatic rings. The second kappa shape index (κ2) is 5.86. The Bertz CT molecular complexity index is 491. The van der Waals surface area contributed by atoms with Gasteiger partial charge in [-0.3, -0.25) is 4.79 Å². The molecule has 0 aliphatic rings. The van der Waals surface area contributed by atoms with Crippen molar-refractivity contribution in [2.45, 2.75) is 52.9 Å². The predicted molar refractivity (Wildman–Crippen MR) is 80.9 cm³/mol. The van der Waals surface area contributed by atoms with E-state index < -0.39 is 5.41 Å². The van der Waals surface area contributed by atoms with E-state index in [0.717, 1.165) is 17.5 Å². The molecular weight excluding hydrogens is 252 g/mol. The Morgan fingerprint density at radius 3 is 2.35 bits per heavy atom. The fourth-order valence-electron chi connectivity index (χ4n) is 2.79. The van der Waals surface area contributed by atoms with Crippen molar-refractivity contribution in [1.29, 1.82) is 0 Å². The minimum absolute atomic E-state index is 0.129. The molecule has 1 atom stereocenters. The van der Waals surface area contributed by atoms with Gasteiger partial charge in [-0.2, -0.15) is 0 Å². The van der Waals surface area contributed by atoms with Gasteiger partial charge in [0.05, 0.1) is 12.5 Å². The molecule has 0 aliphatic heterocycles. The summed E-state index contributed by atoms with van der Waals surface area (Å²) in [5.41, 5.74) is 1.34. The number of phenolic OH excluding ortho intramolecular Hbond substituents is 1. The molecule has 0 amide bonds. The fraction of sp³-hybridized carbons (Fsp3) is 0.588. The van der Waals surface area contributed by atoms with Gasteiger partial charge in [0.25, 0.3) is 0 Å². The van der Waals surface area contributed by atoms with E-state index in [2.05, 4.69) is 13.8 Å². The van der Waals surface area contributed by atoms with Crippen LogP contribution in [0, 0.1) is 12.3 Å². The number of carbonyl (C=O) groups excluding carboxylic acids is 1. The van der Waals surface area contributed by atoms with Crippen LogP contribution in [0.25, 0.3) is 0 Å². The van der Waals surface area contributed by atoms with E-state index in [0.29, 0.717) is 12.2 Å². The minimum atomic E-state index is -0.536. The topological polar surface area (TPSA) is 46.5 Å². The molecule has 0 saturated carbocycles. The summed E-state index contributed by atoms with van der Waals surface area (Å²) in [6.07, 6.45) is 1.62. The molecule has 0 aromatic heterocycles. The second-order valence-corrected chi connectivity index (χ2v) is 6.47. The van der Waals surface area contributed by atoms with Gasteiger partial charge >= 0.3 is 5.97 Å². The molecule has 20 heavy (non-hydrogen) atoms. The molecule has 1 rings (SSSR count). The van der Waals surface area contributed by atoms with Gasteiger partial charge in [0.2, 0.25) is 0 Å². The van der Waals surface area contributed by atoms with Gasteiger partial charge in [-0.25, -0.2) is 0 Å². The fourth-order valence-corrected chi connectivity index (χ4v) is 2.79. The minimum Gasteiger partial charge on any atom is -0.508 e. The van der Waals surface area contributed by atoms with E-state index in [1.165, 1.54) is 7.11 Å². The Hall–Kier alpha value is -1.51. The number of aryl methyl sites for hydroxylation is 1. The van der Waals surface area contributed by atoms with Crippen LogP contribution >= 0.6 is 0 Å². The SMILES string of the molecule is CCC(C)(CC(C)(C)C(=O)OC)c1ccc(O)c(C)c1. The zero-order valence-corrected chi connectivity index (χ0v) is 13.4. The van der Waals surface area contributed by atoms with E-state index in [1.807, 2.05) is 32.9 Å². The quantitative estimate of drug-likeness (QED) is 0.829. The lowest BCUT2D eigenvalue weighted by Gasteiger charge is -2.36. The highest BCUT2D eigenvalue weighted by Gasteiger charge is 2.38. The number of rotatable bonds is 5. The molecule has 0 heterocycles. The van der Waals surface area contributed by atoms with Crippen LogP contribution in [0.3, 0.4) is 0 Å². The van der Waals surface area contributed by atoms with Crippen molar-refractivity contribution in [3.05, 3.63) is 29.3 Å². The molecular formula is C17H26O3. The first-order chi connectivity index (χ1) is 9.16. The maximum absolute atomic E-state index is 11.9. The lowest BCUT2D eigenvalue weighted by molar-refractivity contribution is -0.152. The Labute approximate surface area is 122 Å². The summed E-state index contributed by atoms with van der Waals surface area (Å²) in [6, 6.07) is 5.68. The van der Waals surface area contributed by atoms with Crippen LogP contribution in [0.4, 0.5) is 0 Å². The lowest BCUT2D eigenvalue weighted by atomic mass is 9.68. The number of ether oxygens (including phenoxy) is 1. The summed E-state index contributed by atoms with van der Waals surface area (Å²) in [5.74, 6) is 0.118. The molecule has 0 aliphatic carbocycles. The van der Waals surface area contributed by atoms with Crippen molar-refractivity contribution in [3.63, 3.8) is 0 Å². The number of phenols is 1. The molecule has 0 fully saturated rings. The largest absolute Gasteiger partial charge is 0.508 e. The standard InChI is InChI=1S/C17H26O3/c1-7-17(5,11-16(3,4)15(19)20-6)13-8-9-14(18)12(2)10-13/h8-10,18H,7,11H2,1-6H3. The highest BCUT2D eigenvalue weighted by atomic mass is 16.5. The van der Waals surface area contributed by atoms with Gasteiger partial charge in [0, 0.05) is 0 Å². The highest BCUT2D eigenvalue weighted by Crippen LogP contribution is 2.40. The molecule has 0 spiro atoms. The van der Waals surface area contributed by atoms with E-state index in [-0.39, 0.29) is 11.4 Å². The second-order valence-electron chi connectivity index (χ2n) is 6.47. The van der Waals surface area contributed by atoms with Gasteiger partial charge in [0.1, 0.15) is 5.75 Å². The van der Waals surface area contributed by atoms with E-state index in [1.54, 1.807) is 6.07 Å². The number of benzene rings is 1. The predicted octanol–water partition coefficient (Wildman–Crippen LogP) is 3.96. The summed E-state index contributed by atoms with van der Waals surface area (Å²) in [7, 11) is 1.43. The van der Waals surface area contributed by atoms with Crippen molar-refractivity contribution >= 4 is 5.97 Å². The Balaban J connectivity index is 3.14. The van der Waals surface area contributed by atoms with Crippen LogP contribution in [0.1, 0.15) is 51.7 Å². The molecule has 0 radical (unpaired) electrons. The molecule has 112 valence electrons. The summed E-state index contributed by atoms with van der Waals surface area (Å²) >= 11 is 0. The van der Waals surface area contributed by atoms with Crippen molar-refractivity contribution in [1.82, 2.24) is 0 Å². The van der Waals surface area contributed by atoms with Crippen molar-refractivity contribution < 1.29 is 14.6 Å². The van der Waals surface area contributed by atoms with Gasteiger partial charge in [-0.05, 0) is 56.2 Å². The Kier molecular flexibility index (Phi) is 4.85. The smallest absolute Gasteiger partial charge is 0.311 e. The van der Waals surface area contributed by atoms with Crippen molar-refractivity contribution in [3.8, 4) is 5.75 Å². The monoisotopic (exact) mass is 278 g/mol. The van der Waals surface area contributed by atoms with Gasteiger partial charge in [0.15, 0.2) is 0 Å². The number of aromatic hydroxyl groups is 1. The first-order valence-electron chi connectivity index (χ1n) is 7.05. The summed E-state index contributed by atoms with van der Waals surface area (Å²) < 4.78 is 4.91.